The highest BCUT2D eigenvalue weighted by Crippen LogP contribution is 2.44. The molecule has 0 aliphatic rings. The second kappa shape index (κ2) is 12.9. The van der Waals surface area contributed by atoms with Crippen LogP contribution in [0.3, 0.4) is 0 Å². The van der Waals surface area contributed by atoms with E-state index in [1.54, 1.807) is 0 Å². The Morgan fingerprint density at radius 2 is 0.605 bits per heavy atom. The van der Waals surface area contributed by atoms with Crippen LogP contribution in [0.5, 0.6) is 0 Å². The van der Waals surface area contributed by atoms with E-state index < -0.39 is 14.3 Å². The summed E-state index contributed by atoms with van der Waals surface area (Å²) in [5.74, 6) is 0. The third kappa shape index (κ3) is 5.73. The van der Waals surface area contributed by atoms with Gasteiger partial charge in [0, 0.05) is 31.8 Å². The van der Waals surface area contributed by atoms with E-state index >= 15 is 9.13 Å². The average molecular weight is 599 g/mol. The Labute approximate surface area is 253 Å². The lowest BCUT2D eigenvalue weighted by Crippen LogP contribution is -2.28. The molecule has 212 valence electrons. The Morgan fingerprint density at radius 3 is 0.907 bits per heavy atom. The first-order valence-corrected chi connectivity index (χ1v) is 17.7. The predicted octanol–water partition coefficient (Wildman–Crippen LogP) is 6.68. The van der Waals surface area contributed by atoms with Crippen LogP contribution in [0.25, 0.3) is 0 Å². The average Bonchev–Trinajstić information content (AvgIpc) is 3.09. The number of rotatable bonds is 10. The van der Waals surface area contributed by atoms with Gasteiger partial charge in [-0.3, -0.25) is 0 Å². The molecule has 0 bridgehead atoms. The Hall–Kier alpha value is -4.26. The van der Waals surface area contributed by atoms with Gasteiger partial charge in [-0.1, -0.05) is 170 Å². The van der Waals surface area contributed by atoms with Crippen LogP contribution < -0.4 is 31.8 Å². The Morgan fingerprint density at radius 1 is 0.349 bits per heavy atom. The van der Waals surface area contributed by atoms with Gasteiger partial charge in [-0.25, -0.2) is 0 Å². The maximum absolute atomic E-state index is 15.1. The molecule has 0 aliphatic heterocycles. The lowest BCUT2D eigenvalue weighted by Gasteiger charge is -2.24. The fourth-order valence-corrected chi connectivity index (χ4v) is 11.3. The van der Waals surface area contributed by atoms with Gasteiger partial charge in [0.2, 0.25) is 0 Å². The topological polar surface area (TPSA) is 43.4 Å². The summed E-state index contributed by atoms with van der Waals surface area (Å²) < 4.78 is 36.5. The minimum atomic E-state index is -3.17. The number of hydrogen-bond acceptors (Lipinski definition) is 3. The number of ether oxygens (including phenoxy) is 1. The molecule has 43 heavy (non-hydrogen) atoms. The highest BCUT2D eigenvalue weighted by atomic mass is 31.2. The minimum absolute atomic E-state index is 0.259. The Kier molecular flexibility index (Phi) is 8.68. The summed E-state index contributed by atoms with van der Waals surface area (Å²) in [6, 6.07) is 54.3. The molecule has 5 heteroatoms. The van der Waals surface area contributed by atoms with Crippen molar-refractivity contribution in [3.05, 3.63) is 181 Å². The summed E-state index contributed by atoms with van der Waals surface area (Å²) in [6.45, 7) is 0.518. The van der Waals surface area contributed by atoms with E-state index in [9.17, 15) is 0 Å². The normalized spacial score (nSPS) is 11.7. The summed E-state index contributed by atoms with van der Waals surface area (Å²) in [6.07, 6.45) is 0. The van der Waals surface area contributed by atoms with E-state index in [0.29, 0.717) is 0 Å². The van der Waals surface area contributed by atoms with Crippen molar-refractivity contribution in [1.82, 2.24) is 0 Å². The van der Waals surface area contributed by atoms with Crippen LogP contribution in [0.4, 0.5) is 0 Å². The van der Waals surface area contributed by atoms with Gasteiger partial charge in [0.25, 0.3) is 0 Å². The Bertz CT molecular complexity index is 1660. The zero-order valence-corrected chi connectivity index (χ0v) is 25.5. The van der Waals surface area contributed by atoms with Gasteiger partial charge in [-0.15, -0.1) is 0 Å². The van der Waals surface area contributed by atoms with Gasteiger partial charge in [0.15, 0.2) is 14.3 Å². The van der Waals surface area contributed by atoms with Gasteiger partial charge >= 0.3 is 0 Å². The van der Waals surface area contributed by atoms with Crippen molar-refractivity contribution in [3.8, 4) is 0 Å². The molecule has 6 rings (SSSR count). The maximum atomic E-state index is 15.1. The van der Waals surface area contributed by atoms with E-state index in [4.69, 9.17) is 4.74 Å². The monoisotopic (exact) mass is 598 g/mol. The van der Waals surface area contributed by atoms with Crippen LogP contribution >= 0.6 is 14.3 Å². The lowest BCUT2D eigenvalue weighted by molar-refractivity contribution is 0.108. The third-order valence-corrected chi connectivity index (χ3v) is 14.0. The van der Waals surface area contributed by atoms with Gasteiger partial charge in [-0.2, -0.15) is 0 Å². The van der Waals surface area contributed by atoms with Crippen molar-refractivity contribution in [3.63, 3.8) is 0 Å². The van der Waals surface area contributed by atoms with E-state index in [1.165, 1.54) is 0 Å². The van der Waals surface area contributed by atoms with Crippen molar-refractivity contribution in [2.75, 3.05) is 0 Å². The van der Waals surface area contributed by atoms with Crippen molar-refractivity contribution in [2.45, 2.75) is 13.2 Å². The molecule has 6 aromatic rings. The molecule has 0 N–H and O–H groups in total. The van der Waals surface area contributed by atoms with Crippen molar-refractivity contribution >= 4 is 46.1 Å². The molecule has 0 aliphatic carbocycles. The second-order valence-corrected chi connectivity index (χ2v) is 15.8. The first-order chi connectivity index (χ1) is 21.1. The van der Waals surface area contributed by atoms with E-state index in [2.05, 4.69) is 0 Å². The van der Waals surface area contributed by atoms with Gasteiger partial charge in [0.1, 0.15) is 0 Å². The molecule has 6 aromatic carbocycles. The second-order valence-electron chi connectivity index (χ2n) is 10.3. The van der Waals surface area contributed by atoms with Crippen molar-refractivity contribution < 1.29 is 13.9 Å². The summed E-state index contributed by atoms with van der Waals surface area (Å²) in [4.78, 5) is 0. The predicted molar refractivity (Wildman–Crippen MR) is 180 cm³/mol. The quantitative estimate of drug-likeness (QED) is 0.165. The highest BCUT2D eigenvalue weighted by Gasteiger charge is 2.33. The lowest BCUT2D eigenvalue weighted by atomic mass is 10.2. The van der Waals surface area contributed by atoms with Gasteiger partial charge in [-0.05, 0) is 11.1 Å². The van der Waals surface area contributed by atoms with Crippen molar-refractivity contribution in [2.24, 2.45) is 0 Å². The molecule has 0 spiro atoms. The molecule has 0 radical (unpaired) electrons. The molecule has 0 fully saturated rings. The van der Waals surface area contributed by atoms with Crippen molar-refractivity contribution in [1.29, 1.82) is 0 Å². The standard InChI is InChI=1S/C38H32O3P2/c39-42(33-19-5-1-6-20-33,34-21-7-2-8-22-34)37-27-15-13-17-31(37)29-41-30-32-18-14-16-28-38(32)43(40,35-23-9-3-10-24-35)36-25-11-4-12-26-36/h1-28H,29-30H2. The molecule has 0 saturated heterocycles. The summed E-state index contributed by atoms with van der Waals surface area (Å²) in [5, 5.41) is 4.66. The van der Waals surface area contributed by atoms with Gasteiger partial charge < -0.3 is 13.9 Å². The SMILES string of the molecule is O=P(c1ccccc1)(c1ccccc1)c1ccccc1COCc1ccccc1P(=O)(c1ccccc1)c1ccccc1. The molecule has 0 aromatic heterocycles. The zero-order chi connectivity index (χ0) is 29.5. The molecule has 0 amide bonds. The first kappa shape index (κ1) is 28.8. The molecule has 0 atom stereocenters. The molecule has 0 unspecified atom stereocenters. The zero-order valence-electron chi connectivity index (χ0n) is 23.7. The molecular formula is C38H32O3P2. The van der Waals surface area contributed by atoms with Crippen LogP contribution in [0, 0.1) is 0 Å². The number of benzene rings is 6. The molecule has 0 heterocycles. The smallest absolute Gasteiger partial charge is 0.171 e. The summed E-state index contributed by atoms with van der Waals surface area (Å²) >= 11 is 0. The molecule has 0 saturated carbocycles. The fourth-order valence-electron chi connectivity index (χ4n) is 5.56. The number of hydrogen-bond donors (Lipinski definition) is 0. The van der Waals surface area contributed by atoms with Crippen LogP contribution in [-0.2, 0) is 27.1 Å². The minimum Gasteiger partial charge on any atom is -0.372 e. The van der Waals surface area contributed by atoms with E-state index in [0.717, 1.165) is 43.0 Å². The van der Waals surface area contributed by atoms with E-state index in [-0.39, 0.29) is 13.2 Å². The van der Waals surface area contributed by atoms with Crippen LogP contribution in [-0.4, -0.2) is 0 Å². The van der Waals surface area contributed by atoms with E-state index in [1.807, 2.05) is 170 Å². The van der Waals surface area contributed by atoms with Crippen LogP contribution in [0.1, 0.15) is 11.1 Å². The van der Waals surface area contributed by atoms with Crippen LogP contribution in [0.2, 0.25) is 0 Å². The first-order valence-electron chi connectivity index (χ1n) is 14.3. The molecular weight excluding hydrogens is 566 g/mol. The van der Waals surface area contributed by atoms with Crippen LogP contribution in [0.15, 0.2) is 170 Å². The Balaban J connectivity index is 1.35. The summed E-state index contributed by atoms with van der Waals surface area (Å²) in [7, 11) is -6.33. The summed E-state index contributed by atoms with van der Waals surface area (Å²) in [5.41, 5.74) is 1.73. The third-order valence-electron chi connectivity index (χ3n) is 7.66. The highest BCUT2D eigenvalue weighted by molar-refractivity contribution is 7.85. The maximum Gasteiger partial charge on any atom is 0.171 e. The van der Waals surface area contributed by atoms with Gasteiger partial charge in [0.05, 0.1) is 13.2 Å². The largest absolute Gasteiger partial charge is 0.372 e. The fraction of sp³-hybridized carbons (Fsp3) is 0.0526. The molecule has 3 nitrogen and oxygen atoms in total.